The summed E-state index contributed by atoms with van der Waals surface area (Å²) in [5.74, 6) is 6.19. The van der Waals surface area contributed by atoms with Crippen molar-refractivity contribution in [2.24, 2.45) is 17.3 Å². The SMILES string of the molecule is COC(=O)c1sc(C#CC(C)(C)C)cc1N(C(=O)[C@H]1CC=C(C)C[C@H]1C)C(C)C. The number of ether oxygens (including phenoxy) is 1. The largest absolute Gasteiger partial charge is 0.465 e. The minimum absolute atomic E-state index is 0.0644. The van der Waals surface area contributed by atoms with Gasteiger partial charge in [0, 0.05) is 17.4 Å². The number of nitrogens with zero attached hydrogens (tertiary/aromatic N) is 1. The number of hydrogen-bond donors (Lipinski definition) is 0. The number of carbonyl (C=O) groups is 2. The molecular formula is C24H33NO3S. The average molecular weight is 416 g/mol. The van der Waals surface area contributed by atoms with Gasteiger partial charge in [-0.1, -0.05) is 30.4 Å². The summed E-state index contributed by atoms with van der Waals surface area (Å²) in [6.45, 7) is 14.3. The van der Waals surface area contributed by atoms with Crippen LogP contribution in [-0.2, 0) is 9.53 Å². The highest BCUT2D eigenvalue weighted by Gasteiger charge is 2.35. The van der Waals surface area contributed by atoms with Gasteiger partial charge in [0.15, 0.2) is 0 Å². The maximum Gasteiger partial charge on any atom is 0.350 e. The highest BCUT2D eigenvalue weighted by atomic mass is 32.1. The molecule has 0 aliphatic heterocycles. The van der Waals surface area contributed by atoms with Crippen LogP contribution < -0.4 is 4.90 Å². The van der Waals surface area contributed by atoms with E-state index in [2.05, 4.69) is 31.8 Å². The lowest BCUT2D eigenvalue weighted by Crippen LogP contribution is -2.44. The second kappa shape index (κ2) is 9.17. The number of anilines is 1. The molecule has 0 bridgehead atoms. The number of carbonyl (C=O) groups excluding carboxylic acids is 2. The molecule has 29 heavy (non-hydrogen) atoms. The molecule has 2 rings (SSSR count). The van der Waals surface area contributed by atoms with E-state index < -0.39 is 5.97 Å². The molecule has 0 N–H and O–H groups in total. The van der Waals surface area contributed by atoms with Crippen molar-refractivity contribution in [3.05, 3.63) is 27.5 Å². The Hall–Kier alpha value is -2.06. The Kier molecular flexibility index (Phi) is 7.35. The first kappa shape index (κ1) is 23.2. The van der Waals surface area contributed by atoms with Crippen molar-refractivity contribution in [3.8, 4) is 11.8 Å². The summed E-state index contributed by atoms with van der Waals surface area (Å²) in [5.41, 5.74) is 1.80. The smallest absolute Gasteiger partial charge is 0.350 e. The number of esters is 1. The Bertz CT molecular complexity index is 861. The van der Waals surface area contributed by atoms with Crippen LogP contribution in [0.3, 0.4) is 0 Å². The van der Waals surface area contributed by atoms with Crippen molar-refractivity contribution >= 4 is 28.9 Å². The molecule has 0 unspecified atom stereocenters. The van der Waals surface area contributed by atoms with Gasteiger partial charge >= 0.3 is 5.97 Å². The van der Waals surface area contributed by atoms with E-state index in [-0.39, 0.29) is 29.2 Å². The lowest BCUT2D eigenvalue weighted by molar-refractivity contribution is -0.124. The third kappa shape index (κ3) is 5.73. The van der Waals surface area contributed by atoms with E-state index in [4.69, 9.17) is 4.74 Å². The van der Waals surface area contributed by atoms with Crippen LogP contribution in [-0.4, -0.2) is 25.0 Å². The van der Waals surface area contributed by atoms with Crippen molar-refractivity contribution in [2.75, 3.05) is 12.0 Å². The highest BCUT2D eigenvalue weighted by Crippen LogP contribution is 2.37. The molecule has 0 saturated carbocycles. The topological polar surface area (TPSA) is 46.6 Å². The van der Waals surface area contributed by atoms with Gasteiger partial charge in [-0.25, -0.2) is 4.79 Å². The van der Waals surface area contributed by atoms with Crippen molar-refractivity contribution < 1.29 is 14.3 Å². The normalized spacial score (nSPS) is 19.3. The van der Waals surface area contributed by atoms with E-state index in [0.717, 1.165) is 17.7 Å². The van der Waals surface area contributed by atoms with Crippen molar-refractivity contribution in [3.63, 3.8) is 0 Å². The zero-order valence-corrected chi connectivity index (χ0v) is 19.7. The van der Waals surface area contributed by atoms with Crippen LogP contribution in [0.15, 0.2) is 17.7 Å². The van der Waals surface area contributed by atoms with Gasteiger partial charge in [-0.2, -0.15) is 0 Å². The molecule has 158 valence electrons. The summed E-state index contributed by atoms with van der Waals surface area (Å²) < 4.78 is 5.00. The van der Waals surface area contributed by atoms with Crippen LogP contribution in [0.5, 0.6) is 0 Å². The van der Waals surface area contributed by atoms with E-state index in [1.54, 1.807) is 4.90 Å². The van der Waals surface area contributed by atoms with Crippen LogP contribution >= 0.6 is 11.3 Å². The molecule has 0 spiro atoms. The number of thiophene rings is 1. The van der Waals surface area contributed by atoms with Crippen LogP contribution in [0.25, 0.3) is 0 Å². The second-order valence-electron chi connectivity index (χ2n) is 9.19. The molecule has 0 aromatic carbocycles. The maximum atomic E-state index is 13.6. The second-order valence-corrected chi connectivity index (χ2v) is 10.2. The zero-order valence-electron chi connectivity index (χ0n) is 18.9. The highest BCUT2D eigenvalue weighted by molar-refractivity contribution is 7.15. The quantitative estimate of drug-likeness (QED) is 0.362. The van der Waals surface area contributed by atoms with E-state index in [1.165, 1.54) is 24.0 Å². The standard InChI is InChI=1S/C24H33NO3S/c1-15(2)25(22(26)19-10-9-16(3)13-17(19)4)20-14-18(11-12-24(5,6)7)29-21(20)23(27)28-8/h9,14-15,17,19H,10,13H2,1-8H3/t17-,19+/m1/s1. The molecule has 1 aliphatic rings. The molecule has 1 aliphatic carbocycles. The Balaban J connectivity index is 2.51. The Morgan fingerprint density at radius 3 is 2.48 bits per heavy atom. The number of hydrogen-bond acceptors (Lipinski definition) is 4. The van der Waals surface area contributed by atoms with E-state index in [1.807, 2.05) is 40.7 Å². The minimum atomic E-state index is -0.431. The van der Waals surface area contributed by atoms with Gasteiger partial charge in [0.2, 0.25) is 5.91 Å². The van der Waals surface area contributed by atoms with Gasteiger partial charge in [0.1, 0.15) is 4.88 Å². The summed E-state index contributed by atoms with van der Waals surface area (Å²) in [6, 6.07) is 1.78. The minimum Gasteiger partial charge on any atom is -0.465 e. The monoisotopic (exact) mass is 415 g/mol. The summed E-state index contributed by atoms with van der Waals surface area (Å²) in [5, 5.41) is 0. The van der Waals surface area contributed by atoms with Crippen molar-refractivity contribution in [1.82, 2.24) is 0 Å². The van der Waals surface area contributed by atoms with E-state index in [0.29, 0.717) is 10.6 Å². The summed E-state index contributed by atoms with van der Waals surface area (Å²) >= 11 is 1.29. The fourth-order valence-corrected chi connectivity index (χ4v) is 4.50. The Morgan fingerprint density at radius 1 is 1.31 bits per heavy atom. The van der Waals surface area contributed by atoms with Crippen LogP contribution in [0, 0.1) is 29.1 Å². The number of allylic oxidation sites excluding steroid dienone is 2. The first-order chi connectivity index (χ1) is 13.4. The molecule has 1 aromatic heterocycles. The fraction of sp³-hybridized carbons (Fsp3) is 0.583. The van der Waals surface area contributed by atoms with Crippen LogP contribution in [0.1, 0.15) is 75.9 Å². The van der Waals surface area contributed by atoms with Crippen molar-refractivity contribution in [1.29, 1.82) is 0 Å². The predicted molar refractivity (Wildman–Crippen MR) is 120 cm³/mol. The Morgan fingerprint density at radius 2 is 1.97 bits per heavy atom. The molecule has 0 fully saturated rings. The summed E-state index contributed by atoms with van der Waals surface area (Å²) in [4.78, 5) is 29.0. The summed E-state index contributed by atoms with van der Waals surface area (Å²) in [6.07, 6.45) is 3.83. The predicted octanol–water partition coefficient (Wildman–Crippen LogP) is 5.67. The zero-order chi connectivity index (χ0) is 21.9. The van der Waals surface area contributed by atoms with Gasteiger partial charge in [-0.3, -0.25) is 4.79 Å². The third-order valence-electron chi connectivity index (χ3n) is 5.03. The molecule has 1 heterocycles. The number of rotatable bonds is 4. The molecule has 2 atom stereocenters. The van der Waals surface area contributed by atoms with Gasteiger partial charge in [-0.05, 0) is 66.4 Å². The maximum absolute atomic E-state index is 13.6. The van der Waals surface area contributed by atoms with Gasteiger partial charge in [-0.15, -0.1) is 11.3 Å². The van der Waals surface area contributed by atoms with E-state index >= 15 is 0 Å². The van der Waals surface area contributed by atoms with Crippen molar-refractivity contribution in [2.45, 2.75) is 67.3 Å². The summed E-state index contributed by atoms with van der Waals surface area (Å²) in [7, 11) is 1.37. The molecule has 0 saturated heterocycles. The molecule has 4 nitrogen and oxygen atoms in total. The first-order valence-corrected chi connectivity index (χ1v) is 11.0. The number of amides is 1. The van der Waals surface area contributed by atoms with E-state index in [9.17, 15) is 9.59 Å². The first-order valence-electron chi connectivity index (χ1n) is 10.2. The van der Waals surface area contributed by atoms with Crippen LogP contribution in [0.2, 0.25) is 0 Å². The van der Waals surface area contributed by atoms with Gasteiger partial charge < -0.3 is 9.64 Å². The van der Waals surface area contributed by atoms with Gasteiger partial charge in [0.25, 0.3) is 0 Å². The van der Waals surface area contributed by atoms with Crippen LogP contribution in [0.4, 0.5) is 5.69 Å². The fourth-order valence-electron chi connectivity index (χ4n) is 3.58. The van der Waals surface area contributed by atoms with Gasteiger partial charge in [0.05, 0.1) is 17.7 Å². The lowest BCUT2D eigenvalue weighted by Gasteiger charge is -2.34. The lowest BCUT2D eigenvalue weighted by atomic mass is 9.80. The molecule has 1 aromatic rings. The number of methoxy groups -OCH3 is 1. The molecule has 0 radical (unpaired) electrons. The third-order valence-corrected chi connectivity index (χ3v) is 6.05. The molecule has 1 amide bonds. The Labute approximate surface area is 179 Å². The average Bonchev–Trinajstić information content (AvgIpc) is 3.02. The molecular weight excluding hydrogens is 382 g/mol. The molecule has 5 heteroatoms.